The highest BCUT2D eigenvalue weighted by Gasteiger charge is 2.51. The van der Waals surface area contributed by atoms with Crippen molar-refractivity contribution in [3.05, 3.63) is 41.0 Å². The average molecular weight is 257 g/mol. The summed E-state index contributed by atoms with van der Waals surface area (Å²) < 4.78 is 6.24. The molecule has 1 aromatic carbocycles. The van der Waals surface area contributed by atoms with Crippen molar-refractivity contribution in [1.82, 2.24) is 5.32 Å². The van der Waals surface area contributed by atoms with E-state index in [4.69, 9.17) is 4.74 Å². The van der Waals surface area contributed by atoms with Crippen molar-refractivity contribution in [3.8, 4) is 5.75 Å². The molecule has 4 rings (SSSR count). The number of ether oxygens (including phenoxy) is 1. The van der Waals surface area contributed by atoms with Gasteiger partial charge in [0.05, 0.1) is 11.5 Å². The van der Waals surface area contributed by atoms with Crippen LogP contribution in [0.25, 0.3) is 0 Å². The van der Waals surface area contributed by atoms with E-state index in [2.05, 4.69) is 30.4 Å². The highest BCUT2D eigenvalue weighted by molar-refractivity contribution is 5.57. The van der Waals surface area contributed by atoms with Gasteiger partial charge in [-0.1, -0.05) is 24.3 Å². The fraction of sp³-hybridized carbons (Fsp3) is 0.500. The number of rotatable bonds is 0. The summed E-state index contributed by atoms with van der Waals surface area (Å²) in [5, 5.41) is 13.4. The van der Waals surface area contributed by atoms with E-state index in [1.54, 1.807) is 0 Å². The quantitative estimate of drug-likeness (QED) is 0.696. The third-order valence-electron chi connectivity index (χ3n) is 4.84. The van der Waals surface area contributed by atoms with Crippen molar-refractivity contribution >= 4 is 0 Å². The molecule has 3 heteroatoms. The summed E-state index contributed by atoms with van der Waals surface area (Å²) in [7, 11) is 0. The van der Waals surface area contributed by atoms with Gasteiger partial charge >= 0.3 is 0 Å². The first-order valence-electron chi connectivity index (χ1n) is 7.08. The topological polar surface area (TPSA) is 41.5 Å². The van der Waals surface area contributed by atoms with Crippen molar-refractivity contribution < 1.29 is 9.84 Å². The van der Waals surface area contributed by atoms with Crippen LogP contribution < -0.4 is 10.1 Å². The lowest BCUT2D eigenvalue weighted by molar-refractivity contribution is 0.0863. The van der Waals surface area contributed by atoms with Gasteiger partial charge in [0.1, 0.15) is 11.9 Å². The van der Waals surface area contributed by atoms with Crippen LogP contribution in [0.2, 0.25) is 0 Å². The number of aliphatic hydroxyl groups excluding tert-OH is 1. The van der Waals surface area contributed by atoms with Crippen LogP contribution in [0, 0.1) is 6.92 Å². The van der Waals surface area contributed by atoms with E-state index >= 15 is 0 Å². The van der Waals surface area contributed by atoms with Gasteiger partial charge in [-0.3, -0.25) is 0 Å². The molecule has 0 saturated carbocycles. The van der Waals surface area contributed by atoms with Crippen LogP contribution in [0.4, 0.5) is 0 Å². The van der Waals surface area contributed by atoms with Gasteiger partial charge in [-0.25, -0.2) is 0 Å². The standard InChI is InChI=1S/C16H19NO2/c1-10-2-3-11-9-17-7-6-16-5-4-12(18)8-13(16)19-15(10)14(11)16/h2-5,12-13,17-18H,6-9H2,1H3. The maximum absolute atomic E-state index is 9.89. The molecule has 3 aliphatic rings. The molecule has 100 valence electrons. The molecule has 19 heavy (non-hydrogen) atoms. The van der Waals surface area contributed by atoms with Crippen LogP contribution in [-0.4, -0.2) is 23.9 Å². The molecule has 2 heterocycles. The molecular weight excluding hydrogens is 238 g/mol. The highest BCUT2D eigenvalue weighted by Crippen LogP contribution is 2.52. The van der Waals surface area contributed by atoms with E-state index in [0.717, 1.165) is 25.3 Å². The molecule has 0 aromatic heterocycles. The minimum Gasteiger partial charge on any atom is -0.488 e. The first-order chi connectivity index (χ1) is 9.21. The maximum Gasteiger partial charge on any atom is 0.127 e. The Kier molecular flexibility index (Phi) is 2.32. The van der Waals surface area contributed by atoms with E-state index in [1.807, 2.05) is 6.08 Å². The van der Waals surface area contributed by atoms with E-state index in [-0.39, 0.29) is 17.6 Å². The van der Waals surface area contributed by atoms with Gasteiger partial charge in [0.25, 0.3) is 0 Å². The monoisotopic (exact) mass is 257 g/mol. The molecule has 0 amide bonds. The predicted molar refractivity (Wildman–Crippen MR) is 73.4 cm³/mol. The first kappa shape index (κ1) is 11.5. The Morgan fingerprint density at radius 3 is 3.21 bits per heavy atom. The minimum absolute atomic E-state index is 0.0284. The zero-order chi connectivity index (χ0) is 13.0. The Bertz CT molecular complexity index is 566. The Morgan fingerprint density at radius 2 is 2.32 bits per heavy atom. The van der Waals surface area contributed by atoms with Crippen molar-refractivity contribution in [1.29, 1.82) is 0 Å². The molecule has 1 aromatic rings. The third-order valence-corrected chi connectivity index (χ3v) is 4.84. The van der Waals surface area contributed by atoms with E-state index in [1.165, 1.54) is 16.7 Å². The summed E-state index contributed by atoms with van der Waals surface area (Å²) >= 11 is 0. The molecule has 0 radical (unpaired) electrons. The second-order valence-electron chi connectivity index (χ2n) is 5.98. The van der Waals surface area contributed by atoms with Gasteiger partial charge in [-0.05, 0) is 31.0 Å². The average Bonchev–Trinajstić information content (AvgIpc) is 2.61. The van der Waals surface area contributed by atoms with Crippen LogP contribution in [-0.2, 0) is 12.0 Å². The summed E-state index contributed by atoms with van der Waals surface area (Å²) in [6.45, 7) is 4.02. The Balaban J connectivity index is 1.98. The smallest absolute Gasteiger partial charge is 0.127 e. The number of hydrogen-bond acceptors (Lipinski definition) is 3. The van der Waals surface area contributed by atoms with Crippen LogP contribution in [0.3, 0.4) is 0 Å². The fourth-order valence-electron chi connectivity index (χ4n) is 3.86. The molecule has 0 fully saturated rings. The molecule has 2 N–H and O–H groups in total. The van der Waals surface area contributed by atoms with Crippen LogP contribution >= 0.6 is 0 Å². The lowest BCUT2D eigenvalue weighted by Crippen LogP contribution is -2.42. The minimum atomic E-state index is -0.370. The summed E-state index contributed by atoms with van der Waals surface area (Å²) in [4.78, 5) is 0. The molecule has 1 aliphatic carbocycles. The van der Waals surface area contributed by atoms with Gasteiger partial charge in [0, 0.05) is 18.5 Å². The molecule has 3 atom stereocenters. The van der Waals surface area contributed by atoms with Crippen molar-refractivity contribution in [3.63, 3.8) is 0 Å². The van der Waals surface area contributed by atoms with E-state index in [9.17, 15) is 5.11 Å². The lowest BCUT2D eigenvalue weighted by atomic mass is 9.69. The second kappa shape index (κ2) is 3.84. The first-order valence-corrected chi connectivity index (χ1v) is 7.08. The Morgan fingerprint density at radius 1 is 1.42 bits per heavy atom. The fourth-order valence-corrected chi connectivity index (χ4v) is 3.86. The number of aryl methyl sites for hydroxylation is 1. The Labute approximate surface area is 113 Å². The van der Waals surface area contributed by atoms with Crippen molar-refractivity contribution in [2.75, 3.05) is 6.54 Å². The molecule has 0 bridgehead atoms. The second-order valence-corrected chi connectivity index (χ2v) is 5.98. The molecule has 3 nitrogen and oxygen atoms in total. The van der Waals surface area contributed by atoms with Crippen LogP contribution in [0.15, 0.2) is 24.3 Å². The zero-order valence-corrected chi connectivity index (χ0v) is 11.1. The number of nitrogens with one attached hydrogen (secondary N) is 1. The summed E-state index contributed by atoms with van der Waals surface area (Å²) in [5.74, 6) is 1.06. The molecular formula is C16H19NO2. The number of hydrogen-bond donors (Lipinski definition) is 2. The zero-order valence-electron chi connectivity index (χ0n) is 11.1. The van der Waals surface area contributed by atoms with Gasteiger partial charge in [0.15, 0.2) is 0 Å². The number of aliphatic hydroxyl groups is 1. The third kappa shape index (κ3) is 1.46. The largest absolute Gasteiger partial charge is 0.488 e. The van der Waals surface area contributed by atoms with Crippen molar-refractivity contribution in [2.24, 2.45) is 0 Å². The normalized spacial score (nSPS) is 35.3. The highest BCUT2D eigenvalue weighted by atomic mass is 16.5. The summed E-state index contributed by atoms with van der Waals surface area (Å²) in [6.07, 6.45) is 5.61. The van der Waals surface area contributed by atoms with Crippen molar-refractivity contribution in [2.45, 2.75) is 43.9 Å². The molecule has 1 spiro atoms. The van der Waals surface area contributed by atoms with Gasteiger partial charge in [-0.2, -0.15) is 0 Å². The van der Waals surface area contributed by atoms with Crippen LogP contribution in [0.1, 0.15) is 29.5 Å². The van der Waals surface area contributed by atoms with Gasteiger partial charge in [-0.15, -0.1) is 0 Å². The number of benzene rings is 1. The molecule has 0 saturated heterocycles. The SMILES string of the molecule is Cc1ccc2c3c1OC1CC(O)C=CC31CCNC2. The summed E-state index contributed by atoms with van der Waals surface area (Å²) in [5.41, 5.74) is 3.89. The lowest BCUT2D eigenvalue weighted by Gasteiger charge is -2.35. The maximum atomic E-state index is 9.89. The van der Waals surface area contributed by atoms with E-state index in [0.29, 0.717) is 6.42 Å². The van der Waals surface area contributed by atoms with Gasteiger partial charge < -0.3 is 15.2 Å². The van der Waals surface area contributed by atoms with E-state index < -0.39 is 0 Å². The van der Waals surface area contributed by atoms with Crippen LogP contribution in [0.5, 0.6) is 5.75 Å². The predicted octanol–water partition coefficient (Wildman–Crippen LogP) is 1.81. The Hall–Kier alpha value is -1.32. The van der Waals surface area contributed by atoms with Gasteiger partial charge in [0.2, 0.25) is 0 Å². The molecule has 2 aliphatic heterocycles. The summed E-state index contributed by atoms with van der Waals surface area (Å²) in [6, 6.07) is 4.37. The molecule has 3 unspecified atom stereocenters.